The summed E-state index contributed by atoms with van der Waals surface area (Å²) in [6, 6.07) is 10.1. The topological polar surface area (TPSA) is 156 Å². The number of hydrogen-bond donors (Lipinski definition) is 3. The summed E-state index contributed by atoms with van der Waals surface area (Å²) in [6.45, 7) is 2.53. The van der Waals surface area contributed by atoms with E-state index < -0.39 is 11.9 Å². The van der Waals surface area contributed by atoms with Crippen molar-refractivity contribution in [2.24, 2.45) is 4.99 Å². The van der Waals surface area contributed by atoms with Crippen molar-refractivity contribution in [1.82, 2.24) is 14.8 Å². The Hall–Kier alpha value is -4.51. The van der Waals surface area contributed by atoms with E-state index in [1.807, 2.05) is 43.6 Å². The molecule has 3 atom stereocenters. The number of rotatable bonds is 7. The van der Waals surface area contributed by atoms with Crippen LogP contribution in [-0.2, 0) is 9.59 Å². The average molecular weight is 535 g/mol. The third-order valence-corrected chi connectivity index (χ3v) is 6.50. The number of aromatic nitrogens is 3. The van der Waals surface area contributed by atoms with Crippen LogP contribution < -0.4 is 9.47 Å². The third-order valence-electron chi connectivity index (χ3n) is 6.50. The van der Waals surface area contributed by atoms with Crippen LogP contribution in [0.1, 0.15) is 48.8 Å². The predicted molar refractivity (Wildman–Crippen MR) is 142 cm³/mol. The first kappa shape index (κ1) is 27.5. The second-order valence-corrected chi connectivity index (χ2v) is 9.01. The van der Waals surface area contributed by atoms with E-state index in [0.29, 0.717) is 30.9 Å². The molecule has 3 aromatic rings. The molecule has 1 aliphatic heterocycles. The lowest BCUT2D eigenvalue weighted by molar-refractivity contribution is -0.134. The highest BCUT2D eigenvalue weighted by atomic mass is 16.5. The van der Waals surface area contributed by atoms with Crippen molar-refractivity contribution < 1.29 is 34.4 Å². The normalized spacial score (nSPS) is 19.7. The van der Waals surface area contributed by atoms with Crippen LogP contribution in [0, 0.1) is 0 Å². The molecule has 0 unspecified atom stereocenters. The van der Waals surface area contributed by atoms with Gasteiger partial charge in [0.2, 0.25) is 0 Å². The second-order valence-electron chi connectivity index (χ2n) is 9.01. The minimum absolute atomic E-state index is 0.138. The summed E-state index contributed by atoms with van der Waals surface area (Å²) in [6.07, 6.45) is 8.62. The maximum Gasteiger partial charge on any atom is 0.328 e. The van der Waals surface area contributed by atoms with Crippen LogP contribution in [-0.4, -0.2) is 73.6 Å². The van der Waals surface area contributed by atoms with Gasteiger partial charge in [0.1, 0.15) is 0 Å². The Morgan fingerprint density at radius 3 is 2.49 bits per heavy atom. The van der Waals surface area contributed by atoms with E-state index >= 15 is 0 Å². The molecule has 3 N–H and O–H groups in total. The molecule has 11 heteroatoms. The molecule has 11 nitrogen and oxygen atoms in total. The first-order chi connectivity index (χ1) is 18.8. The van der Waals surface area contributed by atoms with Gasteiger partial charge in [0, 0.05) is 47.8 Å². The van der Waals surface area contributed by atoms with E-state index in [-0.39, 0.29) is 18.1 Å². The summed E-state index contributed by atoms with van der Waals surface area (Å²) in [5, 5.41) is 30.2. The van der Waals surface area contributed by atoms with Crippen molar-refractivity contribution in [2.45, 2.75) is 44.2 Å². The van der Waals surface area contributed by atoms with E-state index in [1.54, 1.807) is 18.0 Å². The van der Waals surface area contributed by atoms with Crippen LogP contribution in [0.2, 0.25) is 0 Å². The van der Waals surface area contributed by atoms with Crippen molar-refractivity contribution in [1.29, 1.82) is 0 Å². The molecular formula is C28H30N4O7. The number of carbonyl (C=O) groups is 2. The number of carboxylic acid groups (broad SMARTS) is 2. The first-order valence-corrected chi connectivity index (χ1v) is 12.5. The Morgan fingerprint density at radius 1 is 1.13 bits per heavy atom. The Balaban J connectivity index is 0.000000386. The smallest absolute Gasteiger partial charge is 0.328 e. The number of nitrogens with zero attached hydrogens (tertiary/aromatic N) is 4. The third kappa shape index (κ3) is 6.50. The summed E-state index contributed by atoms with van der Waals surface area (Å²) in [4.78, 5) is 28.8. The fourth-order valence-electron chi connectivity index (χ4n) is 4.81. The van der Waals surface area contributed by atoms with Crippen LogP contribution in [0.15, 0.2) is 66.1 Å². The quantitative estimate of drug-likeness (QED) is 0.387. The number of aliphatic imine (C=N–C) groups is 1. The number of hydrogen-bond acceptors (Lipinski definition) is 8. The molecule has 5 rings (SSSR count). The number of aliphatic carboxylic acids is 2. The zero-order chi connectivity index (χ0) is 27.9. The van der Waals surface area contributed by atoms with E-state index in [1.165, 1.54) is 0 Å². The molecule has 0 amide bonds. The molecule has 1 aliphatic carbocycles. The van der Waals surface area contributed by atoms with Gasteiger partial charge >= 0.3 is 11.9 Å². The lowest BCUT2D eigenvalue weighted by Gasteiger charge is -2.37. The van der Waals surface area contributed by atoms with Gasteiger partial charge in [-0.25, -0.2) is 19.3 Å². The minimum atomic E-state index is -1.26. The molecule has 0 radical (unpaired) electrons. The Kier molecular flexibility index (Phi) is 8.72. The highest BCUT2D eigenvalue weighted by molar-refractivity contribution is 6.14. The lowest BCUT2D eigenvalue weighted by Crippen LogP contribution is -2.34. The van der Waals surface area contributed by atoms with Crippen LogP contribution in [0.5, 0.6) is 11.5 Å². The summed E-state index contributed by atoms with van der Waals surface area (Å²) >= 11 is 0. The van der Waals surface area contributed by atoms with Crippen molar-refractivity contribution in [3.05, 3.63) is 77.8 Å². The molecule has 0 spiro atoms. The zero-order valence-corrected chi connectivity index (χ0v) is 21.6. The molecule has 2 aliphatic rings. The molecule has 2 aromatic heterocycles. The molecule has 1 aromatic carbocycles. The number of carboxylic acids is 2. The van der Waals surface area contributed by atoms with Gasteiger partial charge in [-0.1, -0.05) is 0 Å². The molecule has 39 heavy (non-hydrogen) atoms. The van der Waals surface area contributed by atoms with Crippen molar-refractivity contribution in [3.63, 3.8) is 0 Å². The first-order valence-electron chi connectivity index (χ1n) is 12.5. The molecule has 1 saturated carbocycles. The standard InChI is InChI=1S/C24H26N4O3.C4H4O4/c1-3-31-22-12-17-18-11-16(29)6-7-20(18)27-24(19(17)13-21(22)30-2)15-5-8-23(25-14-15)28-10-4-9-26-28;5-3(6)1-2-4(7)8/h4-5,8-10,12-14,16,18,20,29H,3,6-7,11H2,1-2H3;1-2H,(H,5,6)(H,7,8)/b;2-1+/t16-,18-,20-;/m1./s1. The Labute approximate surface area is 225 Å². The summed E-state index contributed by atoms with van der Waals surface area (Å²) in [5.41, 5.74) is 4.04. The number of benzene rings is 1. The van der Waals surface area contributed by atoms with Crippen molar-refractivity contribution in [2.75, 3.05) is 13.7 Å². The number of aliphatic hydroxyl groups excluding tert-OH is 1. The van der Waals surface area contributed by atoms with E-state index in [4.69, 9.17) is 24.7 Å². The van der Waals surface area contributed by atoms with Gasteiger partial charge in [-0.2, -0.15) is 5.10 Å². The van der Waals surface area contributed by atoms with Crippen molar-refractivity contribution in [3.8, 4) is 17.3 Å². The Bertz CT molecular complexity index is 1350. The molecule has 0 bridgehead atoms. The van der Waals surface area contributed by atoms with Gasteiger partial charge in [-0.3, -0.25) is 4.99 Å². The van der Waals surface area contributed by atoms with Gasteiger partial charge in [0.15, 0.2) is 17.3 Å². The fourth-order valence-corrected chi connectivity index (χ4v) is 4.81. The highest BCUT2D eigenvalue weighted by Gasteiger charge is 2.37. The molecule has 1 fully saturated rings. The molecule has 0 saturated heterocycles. The monoisotopic (exact) mass is 534 g/mol. The van der Waals surface area contributed by atoms with Gasteiger partial charge in [-0.15, -0.1) is 0 Å². The van der Waals surface area contributed by atoms with Crippen LogP contribution >= 0.6 is 0 Å². The number of methoxy groups -OCH3 is 1. The molecular weight excluding hydrogens is 504 g/mol. The van der Waals surface area contributed by atoms with Gasteiger partial charge in [0.05, 0.1) is 31.6 Å². The minimum Gasteiger partial charge on any atom is -0.493 e. The summed E-state index contributed by atoms with van der Waals surface area (Å²) in [5.74, 6) is -0.169. The highest BCUT2D eigenvalue weighted by Crippen LogP contribution is 2.44. The van der Waals surface area contributed by atoms with Crippen molar-refractivity contribution >= 4 is 17.7 Å². The maximum atomic E-state index is 10.3. The van der Waals surface area contributed by atoms with Crippen LogP contribution in [0.25, 0.3) is 5.82 Å². The van der Waals surface area contributed by atoms with Crippen LogP contribution in [0.3, 0.4) is 0 Å². The number of pyridine rings is 1. The Morgan fingerprint density at radius 2 is 1.90 bits per heavy atom. The van der Waals surface area contributed by atoms with Gasteiger partial charge < -0.3 is 24.8 Å². The summed E-state index contributed by atoms with van der Waals surface area (Å²) in [7, 11) is 1.65. The van der Waals surface area contributed by atoms with Crippen LogP contribution in [0.4, 0.5) is 0 Å². The largest absolute Gasteiger partial charge is 0.493 e. The fraction of sp³-hybridized carbons (Fsp3) is 0.321. The lowest BCUT2D eigenvalue weighted by atomic mass is 9.74. The maximum absolute atomic E-state index is 10.3. The molecule has 3 heterocycles. The zero-order valence-electron chi connectivity index (χ0n) is 21.6. The predicted octanol–water partition coefficient (Wildman–Crippen LogP) is 3.23. The number of ether oxygens (including phenoxy) is 2. The van der Waals surface area contributed by atoms with E-state index in [0.717, 1.165) is 46.8 Å². The van der Waals surface area contributed by atoms with E-state index in [9.17, 15) is 14.7 Å². The number of aliphatic hydroxyl groups is 1. The average Bonchev–Trinajstić information content (AvgIpc) is 3.47. The van der Waals surface area contributed by atoms with Gasteiger partial charge in [-0.05, 0) is 62.1 Å². The summed E-state index contributed by atoms with van der Waals surface area (Å²) < 4.78 is 13.2. The molecule has 204 valence electrons. The number of fused-ring (bicyclic) bond motifs is 3. The van der Waals surface area contributed by atoms with E-state index in [2.05, 4.69) is 16.1 Å². The second kappa shape index (κ2) is 12.4. The van der Waals surface area contributed by atoms with Gasteiger partial charge in [0.25, 0.3) is 0 Å². The SMILES string of the molecule is CCOc1cc2c(cc1OC)C(c1ccc(-n3cccn3)nc1)=N[C@@H]1CC[C@@H](O)C[C@H]21.O=C(O)/C=C/C(=O)O.